The number of likely N-dealkylation sites (tertiary alicyclic amines) is 1. The van der Waals surface area contributed by atoms with Crippen LogP contribution in [0.5, 0.6) is 0 Å². The summed E-state index contributed by atoms with van der Waals surface area (Å²) < 4.78 is 2.17. The molecule has 1 aliphatic heterocycles. The zero-order valence-corrected chi connectivity index (χ0v) is 19.2. The van der Waals surface area contributed by atoms with Gasteiger partial charge in [-0.15, -0.1) is 0 Å². The van der Waals surface area contributed by atoms with E-state index in [1.807, 2.05) is 0 Å². The maximum Gasteiger partial charge on any atom is 0.122 e. The molecule has 2 aromatic rings. The largest absolute Gasteiger partial charge is 0.338 e. The van der Waals surface area contributed by atoms with Crippen LogP contribution in [0.2, 0.25) is 0 Å². The smallest absolute Gasteiger partial charge is 0.122 e. The Balaban J connectivity index is 1.58. The maximum absolute atomic E-state index is 4.93. The first-order valence-electron chi connectivity index (χ1n) is 11.6. The average Bonchev–Trinajstić information content (AvgIpc) is 2.87. The molecule has 2 aliphatic rings. The molecule has 2 heterocycles. The zero-order chi connectivity index (χ0) is 21.7. The maximum atomic E-state index is 4.93. The van der Waals surface area contributed by atoms with E-state index in [9.17, 15) is 0 Å². The van der Waals surface area contributed by atoms with Gasteiger partial charge in [0, 0.05) is 24.4 Å². The monoisotopic (exact) mass is 413 g/mol. The first-order chi connectivity index (χ1) is 15.1. The van der Waals surface area contributed by atoms with E-state index < -0.39 is 0 Å². The van der Waals surface area contributed by atoms with Crippen molar-refractivity contribution in [2.75, 3.05) is 13.1 Å². The summed E-state index contributed by atoms with van der Waals surface area (Å²) in [5, 5.41) is 0. The Morgan fingerprint density at radius 3 is 2.42 bits per heavy atom. The molecule has 0 saturated carbocycles. The highest BCUT2D eigenvalue weighted by molar-refractivity contribution is 5.43. The lowest BCUT2D eigenvalue weighted by molar-refractivity contribution is 0.166. The number of allylic oxidation sites excluding steroid dienone is 4. The fourth-order valence-electron chi connectivity index (χ4n) is 4.85. The van der Waals surface area contributed by atoms with Crippen LogP contribution < -0.4 is 0 Å². The molecule has 3 heteroatoms. The lowest BCUT2D eigenvalue weighted by Crippen LogP contribution is -2.43. The number of aromatic nitrogens is 2. The summed E-state index contributed by atoms with van der Waals surface area (Å²) in [6.07, 6.45) is 14.0. The summed E-state index contributed by atoms with van der Waals surface area (Å²) >= 11 is 0. The highest BCUT2D eigenvalue weighted by Crippen LogP contribution is 2.43. The van der Waals surface area contributed by atoms with Gasteiger partial charge in [-0.2, -0.15) is 0 Å². The molecule has 4 rings (SSSR count). The Kier molecular flexibility index (Phi) is 6.72. The van der Waals surface area contributed by atoms with Gasteiger partial charge in [0.2, 0.25) is 0 Å². The molecule has 0 bridgehead atoms. The normalized spacial score (nSPS) is 18.4. The lowest BCUT2D eigenvalue weighted by atomic mass is 9.66. The molecule has 0 amide bonds. The van der Waals surface area contributed by atoms with Gasteiger partial charge in [0.1, 0.15) is 5.82 Å². The van der Waals surface area contributed by atoms with Gasteiger partial charge in [-0.05, 0) is 81.5 Å². The van der Waals surface area contributed by atoms with E-state index >= 15 is 0 Å². The van der Waals surface area contributed by atoms with Gasteiger partial charge in [-0.1, -0.05) is 54.6 Å². The standard InChI is InChI=1S/C28H35N3/c1-23-14-15-24(2)29-27(30(3)19-16-23)22-31-20-17-28(18-21-31,25-10-6-4-7-11-25)26-12-8-5-9-13-26/h4,6-8,10-16,19H,5,9,17-18,20-22H2,1-3H3. The SMILES string of the molecule is Cc1ccc(C)nc(CN2CCC(C3=CCCC=C3)(c3ccccc3)CC2)n(C)cc1. The molecule has 0 atom stereocenters. The number of hydrogen-bond acceptors (Lipinski definition) is 2. The topological polar surface area (TPSA) is 21.1 Å². The van der Waals surface area contributed by atoms with E-state index in [4.69, 9.17) is 4.98 Å². The minimum atomic E-state index is 0.136. The van der Waals surface area contributed by atoms with Crippen molar-refractivity contribution in [1.29, 1.82) is 0 Å². The van der Waals surface area contributed by atoms with Crippen molar-refractivity contribution in [2.45, 2.75) is 51.5 Å². The summed E-state index contributed by atoms with van der Waals surface area (Å²) in [5.41, 5.74) is 5.41. The van der Waals surface area contributed by atoms with Gasteiger partial charge in [-0.3, -0.25) is 4.90 Å². The molecular weight excluding hydrogens is 378 g/mol. The second-order valence-electron chi connectivity index (χ2n) is 9.04. The van der Waals surface area contributed by atoms with Crippen molar-refractivity contribution in [3.8, 4) is 0 Å². The van der Waals surface area contributed by atoms with Crippen LogP contribution in [-0.2, 0) is 19.0 Å². The summed E-state index contributed by atoms with van der Waals surface area (Å²) in [4.78, 5) is 7.51. The molecule has 0 spiro atoms. The van der Waals surface area contributed by atoms with Crippen molar-refractivity contribution in [2.24, 2.45) is 7.05 Å². The van der Waals surface area contributed by atoms with E-state index in [0.717, 1.165) is 50.4 Å². The van der Waals surface area contributed by atoms with Crippen molar-refractivity contribution in [3.05, 3.63) is 101 Å². The Morgan fingerprint density at radius 1 is 0.935 bits per heavy atom. The highest BCUT2D eigenvalue weighted by Gasteiger charge is 2.38. The number of benzene rings is 1. The van der Waals surface area contributed by atoms with Crippen molar-refractivity contribution in [3.63, 3.8) is 0 Å². The summed E-state index contributed by atoms with van der Waals surface area (Å²) in [6, 6.07) is 17.5. The second kappa shape index (κ2) is 9.65. The van der Waals surface area contributed by atoms with Gasteiger partial charge in [0.15, 0.2) is 0 Å². The number of aryl methyl sites for hydroxylation is 3. The second-order valence-corrected chi connectivity index (χ2v) is 9.04. The van der Waals surface area contributed by atoms with E-state index in [1.165, 1.54) is 23.1 Å². The van der Waals surface area contributed by atoms with Crippen LogP contribution >= 0.6 is 0 Å². The van der Waals surface area contributed by atoms with Gasteiger partial charge >= 0.3 is 0 Å². The van der Waals surface area contributed by atoms with Crippen molar-refractivity contribution < 1.29 is 0 Å². The summed E-state index contributed by atoms with van der Waals surface area (Å²) in [6.45, 7) is 7.25. The Hall–Kier alpha value is -2.65. The highest BCUT2D eigenvalue weighted by atomic mass is 15.2. The lowest BCUT2D eigenvalue weighted by Gasteiger charge is -2.44. The fourth-order valence-corrected chi connectivity index (χ4v) is 4.85. The first-order valence-corrected chi connectivity index (χ1v) is 11.6. The van der Waals surface area contributed by atoms with E-state index in [2.05, 4.69) is 103 Å². The summed E-state index contributed by atoms with van der Waals surface area (Å²) in [5.74, 6) is 1.11. The fraction of sp³-hybridized carbons (Fsp3) is 0.393. The number of piperidine rings is 1. The Bertz CT molecular complexity index is 1000. The Morgan fingerprint density at radius 2 is 1.71 bits per heavy atom. The van der Waals surface area contributed by atoms with Crippen LogP contribution in [0.15, 0.2) is 78.5 Å². The average molecular weight is 414 g/mol. The predicted octanol–water partition coefficient (Wildman–Crippen LogP) is 5.97. The minimum Gasteiger partial charge on any atom is -0.338 e. The molecule has 1 fully saturated rings. The molecule has 0 N–H and O–H groups in total. The summed E-state index contributed by atoms with van der Waals surface area (Å²) in [7, 11) is 2.11. The molecule has 0 unspecified atom stereocenters. The van der Waals surface area contributed by atoms with Crippen LogP contribution in [0.4, 0.5) is 0 Å². The Labute approximate surface area is 187 Å². The molecule has 0 radical (unpaired) electrons. The molecule has 1 saturated heterocycles. The van der Waals surface area contributed by atoms with Crippen LogP contribution in [0.25, 0.3) is 0 Å². The van der Waals surface area contributed by atoms with Crippen molar-refractivity contribution in [1.82, 2.24) is 14.5 Å². The molecule has 1 aliphatic carbocycles. The molecule has 1 aromatic heterocycles. The first kappa shape index (κ1) is 21.6. The number of nitrogens with zero attached hydrogens (tertiary/aromatic N) is 3. The van der Waals surface area contributed by atoms with E-state index in [0.29, 0.717) is 0 Å². The number of hydrogen-bond donors (Lipinski definition) is 0. The predicted molar refractivity (Wildman–Crippen MR) is 129 cm³/mol. The van der Waals surface area contributed by atoms with Crippen molar-refractivity contribution >= 4 is 0 Å². The van der Waals surface area contributed by atoms with Gasteiger partial charge in [0.25, 0.3) is 0 Å². The van der Waals surface area contributed by atoms with Gasteiger partial charge < -0.3 is 4.57 Å². The third-order valence-electron chi connectivity index (χ3n) is 6.81. The molecule has 1 aromatic carbocycles. The van der Waals surface area contributed by atoms with E-state index in [1.54, 1.807) is 0 Å². The molecule has 162 valence electrons. The van der Waals surface area contributed by atoms with Crippen LogP contribution in [0.1, 0.15) is 48.3 Å². The number of rotatable bonds is 4. The molecule has 31 heavy (non-hydrogen) atoms. The van der Waals surface area contributed by atoms with Crippen LogP contribution in [0.3, 0.4) is 0 Å². The van der Waals surface area contributed by atoms with Gasteiger partial charge in [0.05, 0.1) is 6.54 Å². The van der Waals surface area contributed by atoms with Gasteiger partial charge in [-0.25, -0.2) is 4.98 Å². The van der Waals surface area contributed by atoms with Crippen LogP contribution in [-0.4, -0.2) is 27.5 Å². The third-order valence-corrected chi connectivity index (χ3v) is 6.81. The molecule has 3 nitrogen and oxygen atoms in total. The zero-order valence-electron chi connectivity index (χ0n) is 19.2. The van der Waals surface area contributed by atoms with E-state index in [-0.39, 0.29) is 5.41 Å². The third kappa shape index (κ3) is 4.99. The van der Waals surface area contributed by atoms with Crippen LogP contribution in [0, 0.1) is 13.8 Å². The minimum absolute atomic E-state index is 0.136. The quantitative estimate of drug-likeness (QED) is 0.615. The molecular formula is C28H35N3.